The maximum Gasteiger partial charge on any atom is 0.321 e. The zero-order chi connectivity index (χ0) is 17.2. The first-order valence-electron chi connectivity index (χ1n) is 7.40. The highest BCUT2D eigenvalue weighted by Crippen LogP contribution is 2.55. The summed E-state index contributed by atoms with van der Waals surface area (Å²) in [6.45, 7) is 3.79. The predicted octanol–water partition coefficient (Wildman–Crippen LogP) is 2.38. The van der Waals surface area contributed by atoms with E-state index in [1.807, 2.05) is 12.2 Å². The summed E-state index contributed by atoms with van der Waals surface area (Å²) in [5.74, 6) is -3.09. The highest BCUT2D eigenvalue weighted by molar-refractivity contribution is 7.86. The van der Waals surface area contributed by atoms with Gasteiger partial charge in [0.15, 0.2) is 0 Å². The van der Waals surface area contributed by atoms with Crippen LogP contribution < -0.4 is 0 Å². The van der Waals surface area contributed by atoms with Crippen molar-refractivity contribution in [3.05, 3.63) is 54.3 Å². The minimum absolute atomic E-state index is 0.0445. The second-order valence-corrected chi connectivity index (χ2v) is 7.72. The van der Waals surface area contributed by atoms with Crippen molar-refractivity contribution >= 4 is 16.0 Å². The maximum atomic E-state index is 13.7. The van der Waals surface area contributed by atoms with Crippen molar-refractivity contribution in [1.29, 1.82) is 0 Å². The van der Waals surface area contributed by atoms with Gasteiger partial charge in [0.05, 0.1) is 5.92 Å². The first kappa shape index (κ1) is 15.5. The first-order chi connectivity index (χ1) is 11.3. The molecule has 1 aliphatic heterocycles. The summed E-state index contributed by atoms with van der Waals surface area (Å²) in [5.41, 5.74) is 0.257. The number of nitrogens with zero attached hydrogens (tertiary/aromatic N) is 1. The lowest BCUT2D eigenvalue weighted by Gasteiger charge is -2.19. The van der Waals surface area contributed by atoms with Crippen LogP contribution in [-0.4, -0.2) is 19.4 Å². The van der Waals surface area contributed by atoms with Crippen LogP contribution in [0.1, 0.15) is 6.42 Å². The Balaban J connectivity index is 1.64. The molecule has 4 rings (SSSR count). The average Bonchev–Trinajstić information content (AvgIpc) is 3.16. The molecule has 2 bridgehead atoms. The number of hydroxylamine groups is 2. The smallest absolute Gasteiger partial charge is 0.272 e. The second kappa shape index (κ2) is 4.97. The van der Waals surface area contributed by atoms with Crippen LogP contribution in [0.2, 0.25) is 0 Å². The molecule has 2 aliphatic carbocycles. The van der Waals surface area contributed by atoms with E-state index in [0.717, 1.165) is 18.6 Å². The Bertz CT molecular complexity index is 865. The van der Waals surface area contributed by atoms with Crippen LogP contribution in [0.4, 0.5) is 8.78 Å². The van der Waals surface area contributed by atoms with Crippen molar-refractivity contribution in [1.82, 2.24) is 5.06 Å². The average molecular weight is 353 g/mol. The van der Waals surface area contributed by atoms with Crippen LogP contribution in [0.5, 0.6) is 0 Å². The van der Waals surface area contributed by atoms with E-state index < -0.39 is 32.6 Å². The van der Waals surface area contributed by atoms with E-state index >= 15 is 0 Å². The number of rotatable bonds is 3. The van der Waals surface area contributed by atoms with E-state index in [0.29, 0.717) is 11.1 Å². The van der Waals surface area contributed by atoms with Gasteiger partial charge in [-0.1, -0.05) is 18.7 Å². The van der Waals surface area contributed by atoms with E-state index in [9.17, 15) is 22.0 Å². The van der Waals surface area contributed by atoms with Crippen molar-refractivity contribution in [2.45, 2.75) is 11.3 Å². The van der Waals surface area contributed by atoms with E-state index in [2.05, 4.69) is 6.58 Å². The van der Waals surface area contributed by atoms with Crippen LogP contribution >= 0.6 is 0 Å². The van der Waals surface area contributed by atoms with Gasteiger partial charge in [0.1, 0.15) is 16.5 Å². The van der Waals surface area contributed by atoms with Crippen LogP contribution in [-0.2, 0) is 19.2 Å². The topological polar surface area (TPSA) is 63.7 Å². The largest absolute Gasteiger partial charge is 0.321 e. The summed E-state index contributed by atoms with van der Waals surface area (Å²) in [4.78, 5) is 11.7. The summed E-state index contributed by atoms with van der Waals surface area (Å²) in [7, 11) is -4.62. The molecule has 2 fully saturated rings. The third-order valence-corrected chi connectivity index (χ3v) is 6.14. The summed E-state index contributed by atoms with van der Waals surface area (Å²) < 4.78 is 56.1. The van der Waals surface area contributed by atoms with Crippen molar-refractivity contribution in [3.8, 4) is 0 Å². The third kappa shape index (κ3) is 2.06. The molecule has 4 unspecified atom stereocenters. The van der Waals surface area contributed by atoms with Gasteiger partial charge in [0.2, 0.25) is 0 Å². The molecule has 126 valence electrons. The Hall–Kier alpha value is -2.06. The quantitative estimate of drug-likeness (QED) is 0.783. The Morgan fingerprint density at radius 3 is 2.46 bits per heavy atom. The van der Waals surface area contributed by atoms with Gasteiger partial charge in [-0.2, -0.15) is 13.5 Å². The summed E-state index contributed by atoms with van der Waals surface area (Å²) in [6, 6.07) is 2.00. The monoisotopic (exact) mass is 353 g/mol. The molecule has 1 aromatic carbocycles. The molecule has 0 spiro atoms. The lowest BCUT2D eigenvalue weighted by atomic mass is 9.84. The number of carbonyl (C=O) groups excluding carboxylic acids is 1. The van der Waals surface area contributed by atoms with Gasteiger partial charge in [-0.05, 0) is 30.4 Å². The van der Waals surface area contributed by atoms with Gasteiger partial charge < -0.3 is 0 Å². The molecule has 1 aromatic rings. The molecule has 3 aliphatic rings. The molecule has 1 amide bonds. The number of amides is 1. The summed E-state index contributed by atoms with van der Waals surface area (Å²) in [5, 5.41) is 0.652. The van der Waals surface area contributed by atoms with Crippen molar-refractivity contribution < 1.29 is 26.3 Å². The number of benzene rings is 1. The Kier molecular flexibility index (Phi) is 3.20. The summed E-state index contributed by atoms with van der Waals surface area (Å²) in [6.07, 6.45) is 4.80. The number of hydrogen-bond donors (Lipinski definition) is 0. The first-order valence-corrected chi connectivity index (χ1v) is 8.81. The van der Waals surface area contributed by atoms with Gasteiger partial charge >= 0.3 is 10.1 Å². The number of hydrogen-bond acceptors (Lipinski definition) is 4. The Morgan fingerprint density at radius 2 is 1.83 bits per heavy atom. The van der Waals surface area contributed by atoms with Crippen LogP contribution in [0, 0.1) is 35.3 Å². The number of halogens is 2. The van der Waals surface area contributed by atoms with Crippen LogP contribution in [0.15, 0.2) is 47.5 Å². The highest BCUT2D eigenvalue weighted by Gasteiger charge is 2.57. The fourth-order valence-electron chi connectivity index (χ4n) is 3.93. The SMILES string of the molecule is C=C1C2C3C=CC(C3)C2C(=O)N1OS(=O)(=O)c1ccc(F)cc1F. The van der Waals surface area contributed by atoms with E-state index in [1.54, 1.807) is 0 Å². The molecule has 0 aromatic heterocycles. The van der Waals surface area contributed by atoms with E-state index in [-0.39, 0.29) is 29.4 Å². The standard InChI is InChI=1S/C16H13F2NO4S/c1-8-14-9-2-3-10(6-9)15(14)16(20)19(8)23-24(21,22)13-5-4-11(17)7-12(13)18/h2-5,7,9-10,14-15H,1,6H2. The zero-order valence-corrected chi connectivity index (χ0v) is 13.2. The number of allylic oxidation sites excluding steroid dienone is 3. The normalized spacial score (nSPS) is 31.2. The van der Waals surface area contributed by atoms with Crippen LogP contribution in [0.3, 0.4) is 0 Å². The molecular weight excluding hydrogens is 340 g/mol. The van der Waals surface area contributed by atoms with Gasteiger partial charge in [-0.15, -0.1) is 4.28 Å². The Morgan fingerprint density at radius 1 is 1.17 bits per heavy atom. The lowest BCUT2D eigenvalue weighted by molar-refractivity contribution is -0.149. The fraction of sp³-hybridized carbons (Fsp3) is 0.312. The number of fused-ring (bicyclic) bond motifs is 5. The van der Waals surface area contributed by atoms with Gasteiger partial charge in [0.25, 0.3) is 5.91 Å². The number of carbonyl (C=O) groups is 1. The zero-order valence-electron chi connectivity index (χ0n) is 12.4. The van der Waals surface area contributed by atoms with Crippen molar-refractivity contribution in [2.75, 3.05) is 0 Å². The minimum atomic E-state index is -4.62. The molecular formula is C16H13F2NO4S. The van der Waals surface area contributed by atoms with Crippen molar-refractivity contribution in [3.63, 3.8) is 0 Å². The summed E-state index contributed by atoms with van der Waals surface area (Å²) >= 11 is 0. The van der Waals surface area contributed by atoms with Gasteiger partial charge in [-0.3, -0.25) is 4.79 Å². The molecule has 4 atom stereocenters. The lowest BCUT2D eigenvalue weighted by Crippen LogP contribution is -2.31. The molecule has 1 heterocycles. The molecule has 0 radical (unpaired) electrons. The van der Waals surface area contributed by atoms with E-state index in [4.69, 9.17) is 4.28 Å². The second-order valence-electron chi connectivity index (χ2n) is 6.23. The molecule has 8 heteroatoms. The molecule has 1 saturated carbocycles. The third-order valence-electron chi connectivity index (χ3n) is 4.93. The molecule has 24 heavy (non-hydrogen) atoms. The molecule has 5 nitrogen and oxygen atoms in total. The fourth-order valence-corrected chi connectivity index (χ4v) is 4.90. The highest BCUT2D eigenvalue weighted by atomic mass is 32.2. The van der Waals surface area contributed by atoms with Gasteiger partial charge in [-0.25, -0.2) is 8.78 Å². The predicted molar refractivity (Wildman–Crippen MR) is 78.3 cm³/mol. The Labute approximate surface area is 137 Å². The van der Waals surface area contributed by atoms with Crippen molar-refractivity contribution in [2.24, 2.45) is 23.7 Å². The minimum Gasteiger partial charge on any atom is -0.272 e. The van der Waals surface area contributed by atoms with E-state index in [1.165, 1.54) is 0 Å². The maximum absolute atomic E-state index is 13.7. The van der Waals surface area contributed by atoms with Crippen LogP contribution in [0.25, 0.3) is 0 Å². The van der Waals surface area contributed by atoms with Gasteiger partial charge in [0, 0.05) is 17.7 Å². The molecule has 0 N–H and O–H groups in total. The molecule has 1 saturated heterocycles.